The van der Waals surface area contributed by atoms with E-state index in [-0.39, 0.29) is 6.04 Å². The molecule has 1 saturated heterocycles. The van der Waals surface area contributed by atoms with Crippen LogP contribution < -0.4 is 10.2 Å². The van der Waals surface area contributed by atoms with Gasteiger partial charge in [-0.05, 0) is 33.4 Å². The third-order valence-corrected chi connectivity index (χ3v) is 3.47. The van der Waals surface area contributed by atoms with Crippen LogP contribution in [0.5, 0.6) is 0 Å². The van der Waals surface area contributed by atoms with Crippen LogP contribution >= 0.6 is 0 Å². The minimum absolute atomic E-state index is 0.268. The first-order chi connectivity index (χ1) is 8.03. The van der Waals surface area contributed by atoms with Gasteiger partial charge >= 0.3 is 0 Å². The first-order valence-corrected chi connectivity index (χ1v) is 6.13. The zero-order valence-corrected chi connectivity index (χ0v) is 10.8. The van der Waals surface area contributed by atoms with Crippen LogP contribution in [-0.4, -0.2) is 35.8 Å². The van der Waals surface area contributed by atoms with E-state index in [9.17, 15) is 5.11 Å². The number of rotatable bonds is 3. The second-order valence-corrected chi connectivity index (χ2v) is 5.10. The van der Waals surface area contributed by atoms with E-state index in [1.54, 1.807) is 0 Å². The summed E-state index contributed by atoms with van der Waals surface area (Å²) in [6, 6.07) is 4.32. The van der Waals surface area contributed by atoms with Crippen LogP contribution in [0.15, 0.2) is 18.3 Å². The van der Waals surface area contributed by atoms with E-state index in [1.165, 1.54) is 5.56 Å². The molecular formula is C13H21N3O. The van der Waals surface area contributed by atoms with Gasteiger partial charge in [-0.15, -0.1) is 0 Å². The van der Waals surface area contributed by atoms with Crippen LogP contribution in [0.1, 0.15) is 31.9 Å². The molecule has 2 rings (SSSR count). The summed E-state index contributed by atoms with van der Waals surface area (Å²) in [6.07, 6.45) is 2.62. The van der Waals surface area contributed by atoms with Gasteiger partial charge in [0.2, 0.25) is 0 Å². The standard InChI is InChI=1S/C13H21N3O/c1-10(14-3)11-5-4-7-15-12(11)16-8-6-13(2,17)9-16/h4-5,7,10,14,17H,6,8-9H2,1-3H3. The van der Waals surface area contributed by atoms with Crippen LogP contribution in [0.3, 0.4) is 0 Å². The normalized spacial score (nSPS) is 26.2. The fourth-order valence-corrected chi connectivity index (χ4v) is 2.29. The van der Waals surface area contributed by atoms with Gasteiger partial charge in [0, 0.05) is 30.9 Å². The van der Waals surface area contributed by atoms with E-state index in [4.69, 9.17) is 0 Å². The maximum absolute atomic E-state index is 10.0. The van der Waals surface area contributed by atoms with E-state index in [2.05, 4.69) is 28.2 Å². The lowest BCUT2D eigenvalue weighted by molar-refractivity contribution is 0.0839. The highest BCUT2D eigenvalue weighted by molar-refractivity contribution is 5.49. The quantitative estimate of drug-likeness (QED) is 0.829. The van der Waals surface area contributed by atoms with Crippen LogP contribution in [0, 0.1) is 0 Å². The number of hydrogen-bond donors (Lipinski definition) is 2. The molecule has 1 aromatic heterocycles. The van der Waals surface area contributed by atoms with Crippen LogP contribution in [0.2, 0.25) is 0 Å². The molecule has 1 aliphatic rings. The summed E-state index contributed by atoms with van der Waals surface area (Å²) in [5.41, 5.74) is 0.602. The van der Waals surface area contributed by atoms with Crippen molar-refractivity contribution in [1.82, 2.24) is 10.3 Å². The van der Waals surface area contributed by atoms with Crippen LogP contribution in [0.25, 0.3) is 0 Å². The Kier molecular flexibility index (Phi) is 3.35. The zero-order valence-electron chi connectivity index (χ0n) is 10.8. The molecule has 2 atom stereocenters. The van der Waals surface area contributed by atoms with Gasteiger partial charge in [0.15, 0.2) is 0 Å². The van der Waals surface area contributed by atoms with Gasteiger partial charge in [0.05, 0.1) is 5.60 Å². The molecule has 1 aliphatic heterocycles. The molecule has 4 nitrogen and oxygen atoms in total. The molecule has 1 aromatic rings. The number of anilines is 1. The van der Waals surface area contributed by atoms with Gasteiger partial charge in [-0.1, -0.05) is 6.07 Å². The van der Waals surface area contributed by atoms with E-state index in [1.807, 2.05) is 26.2 Å². The molecule has 4 heteroatoms. The lowest BCUT2D eigenvalue weighted by atomic mass is 10.1. The zero-order chi connectivity index (χ0) is 12.5. The summed E-state index contributed by atoms with van der Waals surface area (Å²) in [4.78, 5) is 6.64. The third kappa shape index (κ3) is 2.58. The smallest absolute Gasteiger partial charge is 0.133 e. The predicted molar refractivity (Wildman–Crippen MR) is 69.2 cm³/mol. The molecule has 0 radical (unpaired) electrons. The minimum Gasteiger partial charge on any atom is -0.388 e. The van der Waals surface area contributed by atoms with Gasteiger partial charge in [-0.25, -0.2) is 4.98 Å². The van der Waals surface area contributed by atoms with Crippen molar-refractivity contribution in [2.24, 2.45) is 0 Å². The van der Waals surface area contributed by atoms with Gasteiger partial charge in [0.1, 0.15) is 5.82 Å². The average molecular weight is 235 g/mol. The number of nitrogens with zero attached hydrogens (tertiary/aromatic N) is 2. The van der Waals surface area contributed by atoms with Crippen molar-refractivity contribution in [1.29, 1.82) is 0 Å². The van der Waals surface area contributed by atoms with Crippen LogP contribution in [0.4, 0.5) is 5.82 Å². The Balaban J connectivity index is 2.27. The summed E-state index contributed by atoms with van der Waals surface area (Å²) in [5, 5.41) is 13.3. The highest BCUT2D eigenvalue weighted by atomic mass is 16.3. The third-order valence-electron chi connectivity index (χ3n) is 3.47. The summed E-state index contributed by atoms with van der Waals surface area (Å²) in [6.45, 7) is 5.53. The molecule has 0 aromatic carbocycles. The van der Waals surface area contributed by atoms with E-state index < -0.39 is 5.60 Å². The molecule has 17 heavy (non-hydrogen) atoms. The van der Waals surface area contributed by atoms with E-state index >= 15 is 0 Å². The van der Waals surface area contributed by atoms with Crippen LogP contribution in [-0.2, 0) is 0 Å². The summed E-state index contributed by atoms with van der Waals surface area (Å²) in [7, 11) is 1.95. The molecule has 0 bridgehead atoms. The summed E-state index contributed by atoms with van der Waals surface area (Å²) < 4.78 is 0. The molecule has 0 aliphatic carbocycles. The summed E-state index contributed by atoms with van der Waals surface area (Å²) in [5.74, 6) is 0.993. The van der Waals surface area contributed by atoms with Gasteiger partial charge < -0.3 is 15.3 Å². The fraction of sp³-hybridized carbons (Fsp3) is 0.615. The Bertz CT molecular complexity index is 392. The predicted octanol–water partition coefficient (Wildman–Crippen LogP) is 1.32. The lowest BCUT2D eigenvalue weighted by Crippen LogP contribution is -2.31. The SMILES string of the molecule is CNC(C)c1cccnc1N1CCC(C)(O)C1. The monoisotopic (exact) mass is 235 g/mol. The first kappa shape index (κ1) is 12.3. The number of aromatic nitrogens is 1. The molecule has 2 heterocycles. The van der Waals surface area contributed by atoms with Crippen molar-refractivity contribution < 1.29 is 5.11 Å². The molecule has 0 spiro atoms. The highest BCUT2D eigenvalue weighted by Crippen LogP contribution is 2.29. The van der Waals surface area contributed by atoms with Crippen molar-refractivity contribution in [2.45, 2.75) is 31.9 Å². The number of hydrogen-bond acceptors (Lipinski definition) is 4. The summed E-state index contributed by atoms with van der Waals surface area (Å²) >= 11 is 0. The number of nitrogens with one attached hydrogen (secondary N) is 1. The van der Waals surface area contributed by atoms with Crippen molar-refractivity contribution in [3.63, 3.8) is 0 Å². The van der Waals surface area contributed by atoms with E-state index in [0.29, 0.717) is 6.54 Å². The second kappa shape index (κ2) is 4.63. The molecule has 0 amide bonds. The average Bonchev–Trinajstić information content (AvgIpc) is 2.68. The molecule has 0 saturated carbocycles. The number of pyridine rings is 1. The maximum atomic E-state index is 10.0. The first-order valence-electron chi connectivity index (χ1n) is 6.13. The Hall–Kier alpha value is -1.13. The Morgan fingerprint density at radius 2 is 2.35 bits per heavy atom. The van der Waals surface area contributed by atoms with Crippen molar-refractivity contribution in [3.8, 4) is 0 Å². The fourth-order valence-electron chi connectivity index (χ4n) is 2.29. The Labute approximate surface area is 103 Å². The van der Waals surface area contributed by atoms with Gasteiger partial charge in [0.25, 0.3) is 0 Å². The minimum atomic E-state index is -0.586. The maximum Gasteiger partial charge on any atom is 0.133 e. The topological polar surface area (TPSA) is 48.4 Å². The molecule has 2 unspecified atom stereocenters. The lowest BCUT2D eigenvalue weighted by Gasteiger charge is -2.24. The second-order valence-electron chi connectivity index (χ2n) is 5.10. The van der Waals surface area contributed by atoms with Crippen molar-refractivity contribution in [2.75, 3.05) is 25.0 Å². The molecule has 94 valence electrons. The van der Waals surface area contributed by atoms with Crippen molar-refractivity contribution in [3.05, 3.63) is 23.9 Å². The van der Waals surface area contributed by atoms with E-state index in [0.717, 1.165) is 18.8 Å². The largest absolute Gasteiger partial charge is 0.388 e. The highest BCUT2D eigenvalue weighted by Gasteiger charge is 2.33. The Morgan fingerprint density at radius 3 is 2.94 bits per heavy atom. The van der Waals surface area contributed by atoms with Gasteiger partial charge in [-0.3, -0.25) is 0 Å². The molecular weight excluding hydrogens is 214 g/mol. The molecule has 2 N–H and O–H groups in total. The number of aliphatic hydroxyl groups is 1. The number of β-amino-alcohol motifs (C(OH)–C–C–N with tert-alkyl or cyclic N) is 1. The Morgan fingerprint density at radius 1 is 1.59 bits per heavy atom. The van der Waals surface area contributed by atoms with Crippen molar-refractivity contribution >= 4 is 5.82 Å². The molecule has 1 fully saturated rings. The van der Waals surface area contributed by atoms with Gasteiger partial charge in [-0.2, -0.15) is 0 Å².